The van der Waals surface area contributed by atoms with Gasteiger partial charge >= 0.3 is 11.9 Å². The number of pyridine rings is 2. The van der Waals surface area contributed by atoms with Crippen molar-refractivity contribution in [2.45, 2.75) is 6.92 Å². The number of aromatic nitrogens is 4. The van der Waals surface area contributed by atoms with Crippen molar-refractivity contribution >= 4 is 58.2 Å². The fourth-order valence-corrected chi connectivity index (χ4v) is 3.75. The molecule has 4 heterocycles. The lowest BCUT2D eigenvalue weighted by atomic mass is 10.2. The zero-order valence-electron chi connectivity index (χ0n) is 16.4. The molecule has 0 aliphatic heterocycles. The number of ether oxygens (including phenoxy) is 1. The number of carboxylic acid groups (broad SMARTS) is 1. The van der Waals surface area contributed by atoms with Gasteiger partial charge in [-0.1, -0.05) is 23.2 Å². The molecule has 4 rings (SSSR count). The van der Waals surface area contributed by atoms with Gasteiger partial charge in [0, 0.05) is 23.5 Å². The molecule has 0 amide bonds. The summed E-state index contributed by atoms with van der Waals surface area (Å²) in [4.78, 5) is 30.6. The summed E-state index contributed by atoms with van der Waals surface area (Å²) in [6.07, 6.45) is 3.18. The predicted molar refractivity (Wildman–Crippen MR) is 124 cm³/mol. The molecule has 0 atom stereocenters. The summed E-state index contributed by atoms with van der Waals surface area (Å²) in [6, 6.07) is 10.1. The summed E-state index contributed by atoms with van der Waals surface area (Å²) in [5.74, 6) is -1.32. The summed E-state index contributed by atoms with van der Waals surface area (Å²) in [5.41, 5.74) is 2.87. The maximum atomic E-state index is 11.5. The van der Waals surface area contributed by atoms with Crippen molar-refractivity contribution < 1.29 is 19.4 Å². The number of esters is 1. The zero-order valence-corrected chi connectivity index (χ0v) is 19.5. The molecule has 0 bridgehead atoms. The minimum atomic E-state index is -0.972. The highest BCUT2D eigenvalue weighted by atomic mass is 35.5. The van der Waals surface area contributed by atoms with Crippen molar-refractivity contribution in [3.05, 3.63) is 68.9 Å². The fraction of sp³-hybridized carbons (Fsp3) is 0.100. The van der Waals surface area contributed by atoms with Crippen molar-refractivity contribution in [2.24, 2.45) is 0 Å². The van der Waals surface area contributed by atoms with E-state index in [9.17, 15) is 9.59 Å². The van der Waals surface area contributed by atoms with Gasteiger partial charge in [0.15, 0.2) is 0 Å². The number of hydrogen-bond acceptors (Lipinski definition) is 9. The van der Waals surface area contributed by atoms with E-state index in [-0.39, 0.29) is 10.8 Å². The number of aromatic carboxylic acids is 1. The average Bonchev–Trinajstić information content (AvgIpc) is 3.46. The lowest BCUT2D eigenvalue weighted by Gasteiger charge is -1.96. The van der Waals surface area contributed by atoms with E-state index in [1.807, 2.05) is 0 Å². The van der Waals surface area contributed by atoms with Crippen molar-refractivity contribution in [2.75, 3.05) is 6.61 Å². The molecule has 0 fully saturated rings. The van der Waals surface area contributed by atoms with Gasteiger partial charge in [0.1, 0.15) is 20.1 Å². The molecule has 0 unspecified atom stereocenters. The molecule has 0 saturated heterocycles. The van der Waals surface area contributed by atoms with Gasteiger partial charge in [-0.05, 0) is 66.4 Å². The quantitative estimate of drug-likeness (QED) is 0.273. The van der Waals surface area contributed by atoms with Crippen LogP contribution >= 0.6 is 46.3 Å². The maximum Gasteiger partial charge on any atom is 0.349 e. The van der Waals surface area contributed by atoms with Crippen LogP contribution in [-0.4, -0.2) is 42.4 Å². The molecular weight excluding hydrogens is 495 g/mol. The topological polar surface area (TPSA) is 115 Å². The Labute approximate surface area is 200 Å². The first-order valence-electron chi connectivity index (χ1n) is 8.95. The van der Waals surface area contributed by atoms with Gasteiger partial charge in [0.2, 0.25) is 0 Å². The minimum absolute atomic E-state index is 0.208. The third-order valence-corrected chi connectivity index (χ3v) is 5.75. The van der Waals surface area contributed by atoms with Crippen molar-refractivity contribution in [3.8, 4) is 22.5 Å². The summed E-state index contributed by atoms with van der Waals surface area (Å²) in [7, 11) is 0. The minimum Gasteiger partial charge on any atom is -0.477 e. The fourth-order valence-electron chi connectivity index (χ4n) is 2.28. The first-order valence-corrected chi connectivity index (χ1v) is 11.3. The van der Waals surface area contributed by atoms with Crippen molar-refractivity contribution in [3.63, 3.8) is 0 Å². The van der Waals surface area contributed by atoms with Gasteiger partial charge in [-0.25, -0.2) is 19.6 Å². The van der Waals surface area contributed by atoms with Crippen LogP contribution in [0.2, 0.25) is 10.3 Å². The Bertz CT molecular complexity index is 1210. The van der Waals surface area contributed by atoms with Gasteiger partial charge in [-0.15, -0.1) is 0 Å². The Morgan fingerprint density at radius 1 is 0.906 bits per heavy atom. The smallest absolute Gasteiger partial charge is 0.349 e. The molecule has 4 aromatic rings. The van der Waals surface area contributed by atoms with E-state index < -0.39 is 5.97 Å². The number of carbonyl (C=O) groups is 2. The number of carboxylic acids is 1. The maximum absolute atomic E-state index is 11.5. The van der Waals surface area contributed by atoms with E-state index in [2.05, 4.69) is 18.7 Å². The second kappa shape index (κ2) is 11.1. The van der Waals surface area contributed by atoms with Gasteiger partial charge in [-0.3, -0.25) is 0 Å². The van der Waals surface area contributed by atoms with Crippen LogP contribution in [0.25, 0.3) is 22.5 Å². The Balaban J connectivity index is 0.000000182. The predicted octanol–water partition coefficient (Wildman–Crippen LogP) is 5.59. The first-order chi connectivity index (χ1) is 15.4. The Morgan fingerprint density at radius 3 is 1.81 bits per heavy atom. The van der Waals surface area contributed by atoms with Crippen LogP contribution in [0.1, 0.15) is 26.3 Å². The number of hydrogen-bond donors (Lipinski definition) is 1. The van der Waals surface area contributed by atoms with E-state index in [4.69, 9.17) is 33.0 Å². The van der Waals surface area contributed by atoms with Gasteiger partial charge in [0.25, 0.3) is 0 Å². The van der Waals surface area contributed by atoms with Gasteiger partial charge in [0.05, 0.1) is 18.0 Å². The van der Waals surface area contributed by atoms with Gasteiger partial charge < -0.3 is 9.84 Å². The summed E-state index contributed by atoms with van der Waals surface area (Å²) in [5, 5.41) is 9.54. The molecule has 32 heavy (non-hydrogen) atoms. The van der Waals surface area contributed by atoms with Crippen LogP contribution in [0, 0.1) is 0 Å². The van der Waals surface area contributed by atoms with Crippen molar-refractivity contribution in [1.29, 1.82) is 0 Å². The summed E-state index contributed by atoms with van der Waals surface area (Å²) in [6.45, 7) is 2.12. The highest BCUT2D eigenvalue weighted by Gasteiger charge is 2.12. The average molecular weight is 509 g/mol. The van der Waals surface area contributed by atoms with Crippen LogP contribution in [0.4, 0.5) is 0 Å². The standard InChI is InChI=1S/C11H9ClN2O2S.C9H5ClN2O2S/c1-2-16-11(15)9-5-8(14-17-9)7-3-4-10(12)13-6-7;10-8-2-1-5(4-11-8)6-3-7(9(13)14)15-12-6/h3-6H,2H2,1H3;1-4H,(H,13,14). The Hall–Kier alpha value is -2.92. The number of halogens is 2. The highest BCUT2D eigenvalue weighted by Crippen LogP contribution is 2.23. The molecule has 164 valence electrons. The molecule has 12 heteroatoms. The normalized spacial score (nSPS) is 10.2. The molecular formula is C20H14Cl2N4O4S2. The molecule has 0 aromatic carbocycles. The van der Waals surface area contributed by atoms with E-state index in [0.29, 0.717) is 33.2 Å². The third kappa shape index (κ3) is 6.30. The largest absolute Gasteiger partial charge is 0.477 e. The number of carbonyl (C=O) groups excluding carboxylic acids is 1. The Morgan fingerprint density at radius 2 is 1.41 bits per heavy atom. The Kier molecular flexibility index (Phi) is 8.23. The lowest BCUT2D eigenvalue weighted by Crippen LogP contribution is -2.01. The molecule has 1 N–H and O–H groups in total. The van der Waals surface area contributed by atoms with Gasteiger partial charge in [-0.2, -0.15) is 8.75 Å². The molecule has 4 aromatic heterocycles. The second-order valence-electron chi connectivity index (χ2n) is 5.92. The summed E-state index contributed by atoms with van der Waals surface area (Å²) < 4.78 is 13.1. The molecule has 0 spiro atoms. The van der Waals surface area contributed by atoms with E-state index in [0.717, 1.165) is 34.2 Å². The lowest BCUT2D eigenvalue weighted by molar-refractivity contribution is 0.0531. The van der Waals surface area contributed by atoms with Crippen LogP contribution in [0.15, 0.2) is 48.8 Å². The van der Waals surface area contributed by atoms with Crippen molar-refractivity contribution in [1.82, 2.24) is 18.7 Å². The van der Waals surface area contributed by atoms with E-state index in [1.165, 1.54) is 6.07 Å². The van der Waals surface area contributed by atoms with Crippen LogP contribution in [-0.2, 0) is 4.74 Å². The van der Waals surface area contributed by atoms with E-state index >= 15 is 0 Å². The molecule has 0 saturated carbocycles. The van der Waals surface area contributed by atoms with E-state index in [1.54, 1.807) is 49.6 Å². The first kappa shape index (κ1) is 23.7. The summed E-state index contributed by atoms with van der Waals surface area (Å²) >= 11 is 13.4. The molecule has 0 radical (unpaired) electrons. The highest BCUT2D eigenvalue weighted by molar-refractivity contribution is 7.08. The second-order valence-corrected chi connectivity index (χ2v) is 8.30. The molecule has 8 nitrogen and oxygen atoms in total. The monoisotopic (exact) mass is 508 g/mol. The number of rotatable bonds is 5. The van der Waals surface area contributed by atoms with Crippen LogP contribution in [0.5, 0.6) is 0 Å². The SMILES string of the molecule is CCOC(=O)c1cc(-c2ccc(Cl)nc2)ns1.O=C(O)c1cc(-c2ccc(Cl)nc2)ns1. The molecule has 0 aliphatic carbocycles. The number of nitrogens with zero attached hydrogens (tertiary/aromatic N) is 4. The zero-order chi connectivity index (χ0) is 23.1. The van der Waals surface area contributed by atoms with Crippen LogP contribution in [0.3, 0.4) is 0 Å². The molecule has 0 aliphatic rings. The third-order valence-electron chi connectivity index (χ3n) is 3.75. The van der Waals surface area contributed by atoms with Crippen LogP contribution < -0.4 is 0 Å².